The highest BCUT2D eigenvalue weighted by atomic mass is 32.1. The maximum Gasteiger partial charge on any atom is 0.125 e. The molecule has 7 heteroatoms. The minimum atomic E-state index is 0.989. The van der Waals surface area contributed by atoms with Crippen molar-refractivity contribution >= 4 is 103 Å². The average molecular weight is 745 g/mol. The highest BCUT2D eigenvalue weighted by molar-refractivity contribution is 7.25. The fourth-order valence-electron chi connectivity index (χ4n) is 7.24. The Morgan fingerprint density at radius 3 is 1.56 bits per heavy atom. The molecule has 0 saturated heterocycles. The Labute approximate surface area is 322 Å². The van der Waals surface area contributed by atoms with Crippen molar-refractivity contribution in [2.24, 2.45) is 0 Å². The summed E-state index contributed by atoms with van der Waals surface area (Å²) in [5.74, 6) is 0. The molecule has 0 unspecified atom stereocenters. The first kappa shape index (κ1) is 31.3. The number of hydrogen-bond donors (Lipinski definition) is 0. The summed E-state index contributed by atoms with van der Waals surface area (Å²) >= 11 is 5.21. The Morgan fingerprint density at radius 2 is 0.907 bits per heavy atom. The minimum Gasteiger partial charge on any atom is -0.310 e. The van der Waals surface area contributed by atoms with Crippen LogP contribution in [-0.2, 0) is 0 Å². The molecule has 0 spiro atoms. The van der Waals surface area contributed by atoms with Crippen molar-refractivity contribution in [2.75, 3.05) is 4.90 Å². The van der Waals surface area contributed by atoms with Crippen LogP contribution in [0.4, 0.5) is 17.1 Å². The topological polar surface area (TPSA) is 41.9 Å². The van der Waals surface area contributed by atoms with Crippen LogP contribution in [0.5, 0.6) is 0 Å². The lowest BCUT2D eigenvalue weighted by atomic mass is 10.0. The maximum atomic E-state index is 5.10. The van der Waals surface area contributed by atoms with Gasteiger partial charge in [-0.2, -0.15) is 0 Å². The second kappa shape index (κ2) is 12.7. The van der Waals surface area contributed by atoms with E-state index in [9.17, 15) is 0 Å². The van der Waals surface area contributed by atoms with Crippen molar-refractivity contribution in [3.63, 3.8) is 0 Å². The molecular weight excluding hydrogens is 717 g/mol. The molecule has 11 aromatic rings. The van der Waals surface area contributed by atoms with Gasteiger partial charge in [-0.05, 0) is 120 Å². The van der Waals surface area contributed by atoms with E-state index in [4.69, 9.17) is 15.0 Å². The molecule has 0 aliphatic carbocycles. The zero-order valence-electron chi connectivity index (χ0n) is 28.7. The Hall–Kier alpha value is -6.25. The van der Waals surface area contributed by atoms with E-state index in [1.807, 2.05) is 12.1 Å². The molecule has 4 heterocycles. The molecule has 0 amide bonds. The lowest BCUT2D eigenvalue weighted by Gasteiger charge is -2.26. The van der Waals surface area contributed by atoms with Crippen LogP contribution in [0.2, 0.25) is 0 Å². The van der Waals surface area contributed by atoms with E-state index >= 15 is 0 Å². The Morgan fingerprint density at radius 1 is 0.370 bits per heavy atom. The first-order valence-corrected chi connectivity index (χ1v) is 20.2. The summed E-state index contributed by atoms with van der Waals surface area (Å²) in [6.07, 6.45) is 0. The zero-order chi connectivity index (χ0) is 35.6. The molecule has 7 aromatic carbocycles. The number of aromatic nitrogens is 3. The average Bonchev–Trinajstić information content (AvgIpc) is 3.96. The van der Waals surface area contributed by atoms with Gasteiger partial charge in [0.15, 0.2) is 0 Å². The monoisotopic (exact) mass is 744 g/mol. The van der Waals surface area contributed by atoms with Crippen LogP contribution in [-0.4, -0.2) is 15.0 Å². The van der Waals surface area contributed by atoms with E-state index in [1.54, 1.807) is 34.0 Å². The Kier molecular flexibility index (Phi) is 7.36. The lowest BCUT2D eigenvalue weighted by Crippen LogP contribution is -2.09. The number of para-hydroxylation sites is 2. The highest BCUT2D eigenvalue weighted by Gasteiger charge is 2.16. The molecule has 0 N–H and O–H groups in total. The predicted octanol–water partition coefficient (Wildman–Crippen LogP) is 14.3. The van der Waals surface area contributed by atoms with Crippen LogP contribution in [0.3, 0.4) is 0 Å². The Balaban J connectivity index is 0.972. The first-order chi connectivity index (χ1) is 26.7. The van der Waals surface area contributed by atoms with Crippen LogP contribution < -0.4 is 4.90 Å². The van der Waals surface area contributed by atoms with E-state index in [-0.39, 0.29) is 0 Å². The summed E-state index contributed by atoms with van der Waals surface area (Å²) in [6, 6.07) is 60.5. The van der Waals surface area contributed by atoms with Gasteiger partial charge in [-0.1, -0.05) is 60.7 Å². The van der Waals surface area contributed by atoms with E-state index in [0.29, 0.717) is 0 Å². The van der Waals surface area contributed by atoms with Crippen LogP contribution in [0, 0.1) is 0 Å². The van der Waals surface area contributed by atoms with Gasteiger partial charge in [0.1, 0.15) is 14.8 Å². The quantitative estimate of drug-likeness (QED) is 0.170. The molecule has 0 fully saturated rings. The van der Waals surface area contributed by atoms with Gasteiger partial charge in [0.25, 0.3) is 0 Å². The second-order valence-electron chi connectivity index (χ2n) is 13.3. The second-order valence-corrected chi connectivity index (χ2v) is 16.4. The molecule has 0 radical (unpaired) electrons. The smallest absolute Gasteiger partial charge is 0.125 e. The van der Waals surface area contributed by atoms with E-state index < -0.39 is 0 Å². The van der Waals surface area contributed by atoms with Gasteiger partial charge in [0.2, 0.25) is 0 Å². The van der Waals surface area contributed by atoms with E-state index in [2.05, 4.69) is 163 Å². The number of fused-ring (bicyclic) bond motifs is 6. The molecule has 254 valence electrons. The molecule has 0 atom stereocenters. The van der Waals surface area contributed by atoms with Gasteiger partial charge in [-0.25, -0.2) is 15.0 Å². The first-order valence-electron chi connectivity index (χ1n) is 17.7. The summed E-state index contributed by atoms with van der Waals surface area (Å²) < 4.78 is 3.66. The summed E-state index contributed by atoms with van der Waals surface area (Å²) in [7, 11) is 0. The van der Waals surface area contributed by atoms with Gasteiger partial charge in [0.05, 0.1) is 26.1 Å². The van der Waals surface area contributed by atoms with E-state index in [1.165, 1.54) is 35.6 Å². The molecule has 0 aliphatic rings. The molecule has 11 rings (SSSR count). The van der Waals surface area contributed by atoms with Gasteiger partial charge in [-0.3, -0.25) is 0 Å². The number of thiazole rings is 2. The fraction of sp³-hybridized carbons (Fsp3) is 0. The number of hydrogen-bond acceptors (Lipinski definition) is 7. The zero-order valence-corrected chi connectivity index (χ0v) is 31.1. The number of thiophene rings is 1. The lowest BCUT2D eigenvalue weighted by molar-refractivity contribution is 1.29. The summed E-state index contributed by atoms with van der Waals surface area (Å²) in [5, 5.41) is 6.87. The summed E-state index contributed by atoms with van der Waals surface area (Å²) in [4.78, 5) is 18.3. The van der Waals surface area contributed by atoms with E-state index in [0.717, 1.165) is 65.3 Å². The third kappa shape index (κ3) is 5.44. The third-order valence-corrected chi connectivity index (χ3v) is 13.2. The largest absolute Gasteiger partial charge is 0.310 e. The van der Waals surface area contributed by atoms with Crippen molar-refractivity contribution < 1.29 is 0 Å². The van der Waals surface area contributed by atoms with Gasteiger partial charge in [-0.15, -0.1) is 34.0 Å². The van der Waals surface area contributed by atoms with Gasteiger partial charge >= 0.3 is 0 Å². The van der Waals surface area contributed by atoms with Crippen molar-refractivity contribution in [1.82, 2.24) is 15.0 Å². The summed E-state index contributed by atoms with van der Waals surface area (Å²) in [6.45, 7) is 0. The van der Waals surface area contributed by atoms with Crippen molar-refractivity contribution in [3.05, 3.63) is 170 Å². The number of pyridine rings is 1. The molecule has 4 aromatic heterocycles. The standard InChI is InChI=1S/C47H28N4S3/c1-4-10-42-37(7-1)38-25-26-39(48-47(38)52-42)33-14-13-32-28-36(24-19-31(32)27-33)51(34-20-15-29(16-21-34)45-49-40-8-2-5-11-43(40)53-45)35-22-17-30(18-23-35)46-50-41-9-3-6-12-44(41)54-46/h1-28H. The van der Waals surface area contributed by atoms with Crippen molar-refractivity contribution in [2.45, 2.75) is 0 Å². The normalized spacial score (nSPS) is 11.7. The number of nitrogens with zero attached hydrogens (tertiary/aromatic N) is 4. The molecule has 0 bridgehead atoms. The number of benzene rings is 7. The molecule has 0 saturated carbocycles. The highest BCUT2D eigenvalue weighted by Crippen LogP contribution is 2.40. The van der Waals surface area contributed by atoms with Crippen molar-refractivity contribution in [3.8, 4) is 32.4 Å². The predicted molar refractivity (Wildman–Crippen MR) is 232 cm³/mol. The minimum absolute atomic E-state index is 0.989. The van der Waals surface area contributed by atoms with Crippen LogP contribution >= 0.6 is 34.0 Å². The van der Waals surface area contributed by atoms with Crippen LogP contribution in [0.25, 0.3) is 83.9 Å². The molecule has 0 aliphatic heterocycles. The SMILES string of the molecule is c1ccc2sc(-c3ccc(N(c4ccc(-c5nc6ccccc6s5)cc4)c4ccc5cc(-c6ccc7c(n6)sc6ccccc67)ccc5c4)cc3)nc2c1. The van der Waals surface area contributed by atoms with Crippen LogP contribution in [0.15, 0.2) is 170 Å². The Bertz CT molecular complexity index is 2990. The maximum absolute atomic E-state index is 5.10. The fourth-order valence-corrected chi connectivity index (χ4v) is 10.3. The third-order valence-electron chi connectivity index (χ3n) is 9.95. The van der Waals surface area contributed by atoms with Crippen molar-refractivity contribution in [1.29, 1.82) is 0 Å². The molecule has 54 heavy (non-hydrogen) atoms. The number of rotatable bonds is 6. The van der Waals surface area contributed by atoms with Gasteiger partial charge < -0.3 is 4.90 Å². The summed E-state index contributed by atoms with van der Waals surface area (Å²) in [5.41, 5.74) is 9.62. The van der Waals surface area contributed by atoms with Crippen LogP contribution in [0.1, 0.15) is 0 Å². The molecular formula is C47H28N4S3. The number of anilines is 3. The molecule has 4 nitrogen and oxygen atoms in total. The van der Waals surface area contributed by atoms with Gasteiger partial charge in [0, 0.05) is 49.2 Å².